The van der Waals surface area contributed by atoms with Crippen molar-refractivity contribution in [2.75, 3.05) is 0 Å². The molecule has 0 unspecified atom stereocenters. The van der Waals surface area contributed by atoms with Crippen LogP contribution in [0.5, 0.6) is 0 Å². The number of rotatable bonds is 3. The van der Waals surface area contributed by atoms with E-state index in [1.807, 2.05) is 42.5 Å². The number of nitrogens with zero attached hydrogens (tertiary/aromatic N) is 3. The summed E-state index contributed by atoms with van der Waals surface area (Å²) in [5.41, 5.74) is 1.55. The Morgan fingerprint density at radius 3 is 2.67 bits per heavy atom. The average Bonchev–Trinajstić information content (AvgIpc) is 3.00. The summed E-state index contributed by atoms with van der Waals surface area (Å²) in [5.74, 6) is -0.222. The summed E-state index contributed by atoms with van der Waals surface area (Å²) in [7, 11) is 0. The Balaban J connectivity index is 1.71. The minimum absolute atomic E-state index is 0.193. The number of benzene rings is 2. The van der Waals surface area contributed by atoms with Gasteiger partial charge in [0.15, 0.2) is 0 Å². The molecule has 0 saturated carbocycles. The summed E-state index contributed by atoms with van der Waals surface area (Å²) >= 11 is 0. The Hall–Kier alpha value is -3.48. The van der Waals surface area contributed by atoms with Crippen LogP contribution in [0.1, 0.15) is 16.1 Å². The van der Waals surface area contributed by atoms with Crippen molar-refractivity contribution in [3.05, 3.63) is 76.2 Å². The number of hydrogen-bond acceptors (Lipinski definition) is 4. The maximum absolute atomic E-state index is 12.6. The molecular weight excluding hydrogens is 306 g/mol. The monoisotopic (exact) mass is 319 g/mol. The van der Waals surface area contributed by atoms with E-state index in [1.165, 1.54) is 4.40 Å². The number of aromatic amines is 1. The third-order valence-corrected chi connectivity index (χ3v) is 3.75. The van der Waals surface area contributed by atoms with Crippen LogP contribution in [0.25, 0.3) is 16.8 Å². The van der Waals surface area contributed by atoms with E-state index >= 15 is 0 Å². The first-order valence-electron chi connectivity index (χ1n) is 7.42. The molecule has 0 aliphatic heterocycles. The summed E-state index contributed by atoms with van der Waals surface area (Å²) in [6.45, 7) is 0.323. The number of para-hydroxylation sites is 2. The molecule has 0 spiro atoms. The van der Waals surface area contributed by atoms with Crippen LogP contribution in [0, 0.1) is 0 Å². The van der Waals surface area contributed by atoms with Gasteiger partial charge in [0.25, 0.3) is 11.5 Å². The first kappa shape index (κ1) is 14.1. The Bertz CT molecular complexity index is 1100. The van der Waals surface area contributed by atoms with Crippen LogP contribution in [0.4, 0.5) is 0 Å². The van der Waals surface area contributed by atoms with Gasteiger partial charge in [-0.15, -0.1) is 0 Å². The number of aromatic nitrogens is 4. The normalized spacial score (nSPS) is 11.0. The number of carbonyl (C=O) groups is 1. The fourth-order valence-electron chi connectivity index (χ4n) is 2.58. The van der Waals surface area contributed by atoms with Crippen molar-refractivity contribution in [1.29, 1.82) is 0 Å². The lowest BCUT2D eigenvalue weighted by atomic mass is 10.2. The van der Waals surface area contributed by atoms with Crippen LogP contribution in [0.15, 0.2) is 59.4 Å². The van der Waals surface area contributed by atoms with Crippen LogP contribution in [0.3, 0.4) is 0 Å². The van der Waals surface area contributed by atoms with Crippen molar-refractivity contribution < 1.29 is 4.79 Å². The van der Waals surface area contributed by atoms with Gasteiger partial charge in [-0.25, -0.2) is 14.5 Å². The molecule has 2 aromatic carbocycles. The number of H-pyrrole nitrogens is 1. The highest BCUT2D eigenvalue weighted by Gasteiger charge is 2.17. The van der Waals surface area contributed by atoms with E-state index in [2.05, 4.69) is 20.5 Å². The second-order valence-electron chi connectivity index (χ2n) is 5.31. The van der Waals surface area contributed by atoms with Crippen molar-refractivity contribution in [3.63, 3.8) is 0 Å². The summed E-state index contributed by atoms with van der Waals surface area (Å²) in [6, 6.07) is 16.7. The van der Waals surface area contributed by atoms with Gasteiger partial charge >= 0.3 is 0 Å². The molecule has 0 fully saturated rings. The third kappa shape index (κ3) is 2.32. The lowest BCUT2D eigenvalue weighted by molar-refractivity contribution is 0.0943. The molecule has 0 aliphatic rings. The largest absolute Gasteiger partial charge is 0.346 e. The molecule has 2 heterocycles. The molecule has 0 aliphatic carbocycles. The van der Waals surface area contributed by atoms with E-state index in [1.54, 1.807) is 12.1 Å². The first-order chi connectivity index (χ1) is 11.7. The smallest absolute Gasteiger partial charge is 0.291 e. The predicted octanol–water partition coefficient (Wildman–Crippen LogP) is 1.50. The number of carbonyl (C=O) groups excluding carboxylic acids is 1. The molecule has 0 atom stereocenters. The number of fused-ring (bicyclic) bond motifs is 3. The zero-order chi connectivity index (χ0) is 16.5. The molecule has 118 valence electrons. The molecule has 0 saturated heterocycles. The predicted molar refractivity (Wildman–Crippen MR) is 88.7 cm³/mol. The van der Waals surface area contributed by atoms with Crippen LogP contribution in [-0.2, 0) is 6.54 Å². The fourth-order valence-corrected chi connectivity index (χ4v) is 2.58. The quantitative estimate of drug-likeness (QED) is 0.598. The summed E-state index contributed by atoms with van der Waals surface area (Å²) in [5, 5.41) is 9.26. The highest BCUT2D eigenvalue weighted by atomic mass is 16.2. The zero-order valence-corrected chi connectivity index (χ0v) is 12.6. The number of hydrogen-bond donors (Lipinski definition) is 2. The molecule has 1 amide bonds. The van der Waals surface area contributed by atoms with Crippen molar-refractivity contribution >= 4 is 22.7 Å². The van der Waals surface area contributed by atoms with Crippen LogP contribution in [-0.4, -0.2) is 25.5 Å². The van der Waals surface area contributed by atoms with Crippen molar-refractivity contribution in [2.45, 2.75) is 6.54 Å². The SMILES string of the molecule is O=C(NCc1ccccc1)c1n[nH]c2nc3ccccc3n2c1=O. The number of nitrogens with one attached hydrogen (secondary N) is 2. The van der Waals surface area contributed by atoms with Gasteiger partial charge in [0.2, 0.25) is 11.5 Å². The van der Waals surface area contributed by atoms with E-state index in [9.17, 15) is 9.59 Å². The Labute approximate surface area is 136 Å². The fraction of sp³-hybridized carbons (Fsp3) is 0.0588. The number of amides is 1. The van der Waals surface area contributed by atoms with Crippen molar-refractivity contribution in [1.82, 2.24) is 24.9 Å². The zero-order valence-electron chi connectivity index (χ0n) is 12.6. The molecular formula is C17H13N5O2. The van der Waals surface area contributed by atoms with Crippen LogP contribution >= 0.6 is 0 Å². The maximum Gasteiger partial charge on any atom is 0.291 e. The maximum atomic E-state index is 12.6. The lowest BCUT2D eigenvalue weighted by Gasteiger charge is -2.04. The molecule has 7 heteroatoms. The topological polar surface area (TPSA) is 92.2 Å². The highest BCUT2D eigenvalue weighted by Crippen LogP contribution is 2.12. The molecule has 2 N–H and O–H groups in total. The van der Waals surface area contributed by atoms with Gasteiger partial charge in [0, 0.05) is 6.54 Å². The van der Waals surface area contributed by atoms with Gasteiger partial charge in [0.05, 0.1) is 11.0 Å². The van der Waals surface area contributed by atoms with E-state index in [0.717, 1.165) is 5.56 Å². The minimum Gasteiger partial charge on any atom is -0.346 e. The highest BCUT2D eigenvalue weighted by molar-refractivity contribution is 5.92. The molecule has 0 radical (unpaired) electrons. The van der Waals surface area contributed by atoms with E-state index in [0.29, 0.717) is 23.4 Å². The van der Waals surface area contributed by atoms with Gasteiger partial charge in [-0.2, -0.15) is 5.10 Å². The van der Waals surface area contributed by atoms with Gasteiger partial charge in [-0.1, -0.05) is 42.5 Å². The Kier molecular flexibility index (Phi) is 3.31. The summed E-state index contributed by atoms with van der Waals surface area (Å²) in [4.78, 5) is 29.2. The Morgan fingerprint density at radius 1 is 1.08 bits per heavy atom. The van der Waals surface area contributed by atoms with Crippen molar-refractivity contribution in [3.8, 4) is 0 Å². The van der Waals surface area contributed by atoms with E-state index in [-0.39, 0.29) is 5.69 Å². The van der Waals surface area contributed by atoms with Gasteiger partial charge in [-0.05, 0) is 17.7 Å². The number of imidazole rings is 1. The second-order valence-corrected chi connectivity index (χ2v) is 5.31. The summed E-state index contributed by atoms with van der Waals surface area (Å²) in [6.07, 6.45) is 0. The van der Waals surface area contributed by atoms with E-state index in [4.69, 9.17) is 0 Å². The van der Waals surface area contributed by atoms with Gasteiger partial charge < -0.3 is 5.32 Å². The molecule has 24 heavy (non-hydrogen) atoms. The van der Waals surface area contributed by atoms with E-state index < -0.39 is 11.5 Å². The molecule has 0 bridgehead atoms. The van der Waals surface area contributed by atoms with Crippen LogP contribution < -0.4 is 10.9 Å². The minimum atomic E-state index is -0.528. The molecule has 2 aromatic heterocycles. The van der Waals surface area contributed by atoms with Gasteiger partial charge in [-0.3, -0.25) is 9.59 Å². The Morgan fingerprint density at radius 2 is 1.83 bits per heavy atom. The summed E-state index contributed by atoms with van der Waals surface area (Å²) < 4.78 is 1.36. The van der Waals surface area contributed by atoms with Gasteiger partial charge in [0.1, 0.15) is 0 Å². The molecule has 4 rings (SSSR count). The lowest BCUT2D eigenvalue weighted by Crippen LogP contribution is -2.32. The first-order valence-corrected chi connectivity index (χ1v) is 7.42. The molecule has 4 aromatic rings. The average molecular weight is 319 g/mol. The molecule has 7 nitrogen and oxygen atoms in total. The van der Waals surface area contributed by atoms with Crippen molar-refractivity contribution in [2.24, 2.45) is 0 Å². The second kappa shape index (κ2) is 5.62. The third-order valence-electron chi connectivity index (χ3n) is 3.75. The standard InChI is InChI=1S/C17H13N5O2/c23-15(18-10-11-6-2-1-3-7-11)14-16(24)22-13-9-5-4-8-12(13)19-17(22)21-20-14/h1-9H,10H2,(H,18,23)(H,19,21). The van der Waals surface area contributed by atoms with Crippen LogP contribution in [0.2, 0.25) is 0 Å².